The Bertz CT molecular complexity index is 1050. The number of halogens is 1. The Labute approximate surface area is 159 Å². The van der Waals surface area contributed by atoms with E-state index in [1.807, 2.05) is 0 Å². The van der Waals surface area contributed by atoms with Gasteiger partial charge in [-0.2, -0.15) is 0 Å². The highest BCUT2D eigenvalue weighted by Gasteiger charge is 2.17. The minimum atomic E-state index is -3.74. The van der Waals surface area contributed by atoms with Gasteiger partial charge in [-0.25, -0.2) is 12.8 Å². The fourth-order valence-electron chi connectivity index (χ4n) is 2.29. The summed E-state index contributed by atoms with van der Waals surface area (Å²) in [6.07, 6.45) is 0. The molecule has 3 rings (SSSR count). The largest absolute Gasteiger partial charge is 0.507 e. The van der Waals surface area contributed by atoms with Gasteiger partial charge < -0.3 is 10.4 Å². The summed E-state index contributed by atoms with van der Waals surface area (Å²) in [6, 6.07) is 12.6. The van der Waals surface area contributed by atoms with Crippen molar-refractivity contribution in [1.29, 1.82) is 0 Å². The Morgan fingerprint density at radius 1 is 1.11 bits per heavy atom. The third-order valence-corrected chi connectivity index (χ3v) is 6.40. The van der Waals surface area contributed by atoms with Crippen LogP contribution in [0.1, 0.15) is 15.9 Å². The summed E-state index contributed by atoms with van der Waals surface area (Å²) < 4.78 is 39.7. The first-order valence-corrected chi connectivity index (χ1v) is 10.1. The molecule has 1 aromatic heterocycles. The monoisotopic (exact) mass is 406 g/mol. The van der Waals surface area contributed by atoms with Gasteiger partial charge in [0.15, 0.2) is 0 Å². The van der Waals surface area contributed by atoms with Gasteiger partial charge in [-0.05, 0) is 41.3 Å². The quantitative estimate of drug-likeness (QED) is 0.585. The topological polar surface area (TPSA) is 95.5 Å². The summed E-state index contributed by atoms with van der Waals surface area (Å²) in [7, 11) is -3.74. The molecule has 140 valence electrons. The van der Waals surface area contributed by atoms with Gasteiger partial charge in [-0.15, -0.1) is 11.3 Å². The predicted molar refractivity (Wildman–Crippen MR) is 101 cm³/mol. The summed E-state index contributed by atoms with van der Waals surface area (Å²) in [6.45, 7) is 0.158. The van der Waals surface area contributed by atoms with Gasteiger partial charge >= 0.3 is 0 Å². The number of benzene rings is 2. The molecule has 3 aromatic rings. The number of carbonyl (C=O) groups is 1. The number of amides is 1. The number of nitrogens with one attached hydrogen (secondary N) is 2. The van der Waals surface area contributed by atoms with Gasteiger partial charge in [-0.1, -0.05) is 18.2 Å². The molecule has 9 heteroatoms. The zero-order chi connectivity index (χ0) is 19.4. The molecule has 6 nitrogen and oxygen atoms in total. The van der Waals surface area contributed by atoms with Crippen LogP contribution < -0.4 is 10.0 Å². The summed E-state index contributed by atoms with van der Waals surface area (Å²) in [5.41, 5.74) is 0.830. The highest BCUT2D eigenvalue weighted by atomic mass is 32.2. The van der Waals surface area contributed by atoms with E-state index in [9.17, 15) is 22.7 Å². The van der Waals surface area contributed by atoms with E-state index in [1.165, 1.54) is 42.5 Å². The fourth-order valence-corrected chi connectivity index (χ4v) is 4.33. The first kappa shape index (κ1) is 18.9. The lowest BCUT2D eigenvalue weighted by atomic mass is 10.1. The van der Waals surface area contributed by atoms with E-state index in [0.717, 1.165) is 17.4 Å². The Balaban J connectivity index is 1.69. The van der Waals surface area contributed by atoms with Crippen molar-refractivity contribution in [2.24, 2.45) is 0 Å². The normalized spacial score (nSPS) is 11.1. The summed E-state index contributed by atoms with van der Waals surface area (Å²) >= 11 is 1.07. The van der Waals surface area contributed by atoms with E-state index < -0.39 is 15.9 Å². The maximum atomic E-state index is 12.9. The Morgan fingerprint density at radius 2 is 1.85 bits per heavy atom. The number of phenolic OH excluding ortho intramolecular Hbond substituents is 1. The zero-order valence-corrected chi connectivity index (χ0v) is 15.5. The van der Waals surface area contributed by atoms with Crippen LogP contribution >= 0.6 is 11.3 Å². The fraction of sp³-hybridized carbons (Fsp3) is 0.0556. The number of carbonyl (C=O) groups excluding carboxylic acids is 1. The number of anilines is 1. The minimum absolute atomic E-state index is 0.00353. The number of phenols is 1. The molecule has 0 radical (unpaired) electrons. The molecule has 0 atom stereocenters. The molecule has 1 amide bonds. The smallest absolute Gasteiger partial charge is 0.271 e. The van der Waals surface area contributed by atoms with Crippen LogP contribution in [0, 0.1) is 5.82 Å². The van der Waals surface area contributed by atoms with Gasteiger partial charge in [0.25, 0.3) is 15.9 Å². The lowest BCUT2D eigenvalue weighted by molar-refractivity contribution is 0.0948. The van der Waals surface area contributed by atoms with Crippen LogP contribution in [0.3, 0.4) is 0 Å². The second kappa shape index (κ2) is 7.77. The van der Waals surface area contributed by atoms with Crippen LogP contribution in [0.5, 0.6) is 5.75 Å². The number of thiophene rings is 1. The van der Waals surface area contributed by atoms with Crippen molar-refractivity contribution in [2.45, 2.75) is 10.8 Å². The van der Waals surface area contributed by atoms with Gasteiger partial charge in [0, 0.05) is 12.6 Å². The van der Waals surface area contributed by atoms with Gasteiger partial charge in [0.1, 0.15) is 15.8 Å². The standard InChI is InChI=1S/C18H15FN2O4S2/c19-13-5-3-12(4-6-13)11-20-18(23)15-8-7-14(10-16(15)22)21-27(24,25)17-2-1-9-26-17/h1-10,21-22H,11H2,(H,20,23). The molecule has 0 aliphatic heterocycles. The van der Waals surface area contributed by atoms with E-state index in [0.29, 0.717) is 5.56 Å². The van der Waals surface area contributed by atoms with Crippen LogP contribution in [0.25, 0.3) is 0 Å². The molecule has 0 unspecified atom stereocenters. The van der Waals surface area contributed by atoms with E-state index in [4.69, 9.17) is 0 Å². The van der Waals surface area contributed by atoms with Crippen LogP contribution in [0.2, 0.25) is 0 Å². The molecule has 3 N–H and O–H groups in total. The van der Waals surface area contributed by atoms with Crippen molar-refractivity contribution >= 4 is 33.0 Å². The Morgan fingerprint density at radius 3 is 2.48 bits per heavy atom. The first-order valence-electron chi connectivity index (χ1n) is 7.77. The summed E-state index contributed by atoms with van der Waals surface area (Å²) in [5, 5.41) is 14.3. The molecule has 0 spiro atoms. The highest BCUT2D eigenvalue weighted by molar-refractivity contribution is 7.94. The number of aromatic hydroxyl groups is 1. The van der Waals surface area contributed by atoms with Crippen LogP contribution in [-0.2, 0) is 16.6 Å². The number of hydrogen-bond donors (Lipinski definition) is 3. The predicted octanol–water partition coefficient (Wildman–Crippen LogP) is 3.32. The van der Waals surface area contributed by atoms with Crippen molar-refractivity contribution in [3.05, 3.63) is 76.9 Å². The lowest BCUT2D eigenvalue weighted by Crippen LogP contribution is -2.23. The minimum Gasteiger partial charge on any atom is -0.507 e. The zero-order valence-electron chi connectivity index (χ0n) is 13.8. The third kappa shape index (κ3) is 4.63. The second-order valence-electron chi connectivity index (χ2n) is 5.58. The van der Waals surface area contributed by atoms with Gasteiger partial charge in [0.2, 0.25) is 0 Å². The van der Waals surface area contributed by atoms with Gasteiger partial charge in [-0.3, -0.25) is 9.52 Å². The van der Waals surface area contributed by atoms with Crippen molar-refractivity contribution in [1.82, 2.24) is 5.32 Å². The molecule has 27 heavy (non-hydrogen) atoms. The molecule has 1 heterocycles. The molecule has 0 aliphatic carbocycles. The molecule has 0 bridgehead atoms. The average molecular weight is 406 g/mol. The van der Waals surface area contributed by atoms with E-state index in [1.54, 1.807) is 11.4 Å². The molecule has 0 saturated carbocycles. The molecule has 0 fully saturated rings. The maximum Gasteiger partial charge on any atom is 0.271 e. The second-order valence-corrected chi connectivity index (χ2v) is 8.44. The Hall–Kier alpha value is -2.91. The molecular formula is C18H15FN2O4S2. The van der Waals surface area contributed by atoms with Crippen LogP contribution in [-0.4, -0.2) is 19.4 Å². The molecule has 0 aliphatic rings. The number of hydrogen-bond acceptors (Lipinski definition) is 5. The maximum absolute atomic E-state index is 12.9. The molecule has 0 saturated heterocycles. The number of rotatable bonds is 6. The van der Waals surface area contributed by atoms with Gasteiger partial charge in [0.05, 0.1) is 11.3 Å². The number of sulfonamides is 1. The van der Waals surface area contributed by atoms with E-state index >= 15 is 0 Å². The SMILES string of the molecule is O=C(NCc1ccc(F)cc1)c1ccc(NS(=O)(=O)c2cccs2)cc1O. The highest BCUT2D eigenvalue weighted by Crippen LogP contribution is 2.25. The third-order valence-electron chi connectivity index (χ3n) is 3.62. The van der Waals surface area contributed by atoms with Crippen molar-refractivity contribution in [3.8, 4) is 5.75 Å². The van der Waals surface area contributed by atoms with Crippen molar-refractivity contribution in [2.75, 3.05) is 4.72 Å². The van der Waals surface area contributed by atoms with Crippen molar-refractivity contribution < 1.29 is 22.7 Å². The Kier molecular flexibility index (Phi) is 5.43. The van der Waals surface area contributed by atoms with E-state index in [-0.39, 0.29) is 33.6 Å². The first-order chi connectivity index (χ1) is 12.8. The van der Waals surface area contributed by atoms with Crippen LogP contribution in [0.4, 0.5) is 10.1 Å². The van der Waals surface area contributed by atoms with Crippen LogP contribution in [0.15, 0.2) is 64.2 Å². The summed E-state index contributed by atoms with van der Waals surface area (Å²) in [5.74, 6) is -1.27. The van der Waals surface area contributed by atoms with Crippen molar-refractivity contribution in [3.63, 3.8) is 0 Å². The lowest BCUT2D eigenvalue weighted by Gasteiger charge is -2.10. The van der Waals surface area contributed by atoms with E-state index in [2.05, 4.69) is 10.0 Å². The summed E-state index contributed by atoms with van der Waals surface area (Å²) in [4.78, 5) is 12.2. The molecule has 2 aromatic carbocycles. The molecular weight excluding hydrogens is 391 g/mol. The average Bonchev–Trinajstić information content (AvgIpc) is 3.16.